The number of benzene rings is 2. The maximum atomic E-state index is 12.4. The van der Waals surface area contributed by atoms with Crippen LogP contribution >= 0.6 is 0 Å². The van der Waals surface area contributed by atoms with Gasteiger partial charge >= 0.3 is 0 Å². The van der Waals surface area contributed by atoms with Crippen molar-refractivity contribution >= 4 is 11.6 Å². The van der Waals surface area contributed by atoms with Crippen LogP contribution in [0.2, 0.25) is 0 Å². The Hall–Kier alpha value is -2.13. The van der Waals surface area contributed by atoms with E-state index in [1.165, 1.54) is 11.1 Å². The number of rotatable bonds is 6. The third kappa shape index (κ3) is 4.93. The van der Waals surface area contributed by atoms with Crippen LogP contribution in [-0.4, -0.2) is 11.9 Å². The number of anilines is 1. The van der Waals surface area contributed by atoms with E-state index < -0.39 is 0 Å². The molecule has 122 valence electrons. The number of quaternary nitrogens is 1. The molecular formula is C20H27N2O+. The third-order valence-electron chi connectivity index (χ3n) is 4.16. The Balaban J connectivity index is 1.92. The Bertz CT molecular complexity index is 620. The van der Waals surface area contributed by atoms with Crippen LogP contribution in [0.5, 0.6) is 0 Å². The Labute approximate surface area is 139 Å². The second kappa shape index (κ2) is 7.93. The highest BCUT2D eigenvalue weighted by molar-refractivity contribution is 5.93. The van der Waals surface area contributed by atoms with Crippen LogP contribution in [0.15, 0.2) is 54.6 Å². The summed E-state index contributed by atoms with van der Waals surface area (Å²) in [5, 5.41) is 5.08. The van der Waals surface area contributed by atoms with Crippen molar-refractivity contribution in [3.8, 4) is 0 Å². The summed E-state index contributed by atoms with van der Waals surface area (Å²) in [6.45, 7) is 8.39. The first-order valence-corrected chi connectivity index (χ1v) is 8.28. The van der Waals surface area contributed by atoms with Crippen molar-refractivity contribution in [2.45, 2.75) is 45.7 Å². The Morgan fingerprint density at radius 2 is 1.48 bits per heavy atom. The molecule has 0 fully saturated rings. The van der Waals surface area contributed by atoms with Crippen molar-refractivity contribution in [2.24, 2.45) is 0 Å². The van der Waals surface area contributed by atoms with Crippen molar-refractivity contribution in [3.63, 3.8) is 0 Å². The molecule has 0 heterocycles. The van der Waals surface area contributed by atoms with E-state index in [0.29, 0.717) is 5.92 Å². The third-order valence-corrected chi connectivity index (χ3v) is 4.16. The zero-order chi connectivity index (χ0) is 16.8. The average Bonchev–Trinajstić information content (AvgIpc) is 2.56. The molecule has 0 radical (unpaired) electrons. The van der Waals surface area contributed by atoms with Gasteiger partial charge in [0.1, 0.15) is 6.04 Å². The molecule has 0 unspecified atom stereocenters. The van der Waals surface area contributed by atoms with Crippen molar-refractivity contribution in [3.05, 3.63) is 65.7 Å². The molecular weight excluding hydrogens is 284 g/mol. The molecule has 3 heteroatoms. The van der Waals surface area contributed by atoms with E-state index >= 15 is 0 Å². The zero-order valence-electron chi connectivity index (χ0n) is 14.4. The van der Waals surface area contributed by atoms with Gasteiger partial charge in [0.15, 0.2) is 6.04 Å². The molecule has 0 spiro atoms. The van der Waals surface area contributed by atoms with Gasteiger partial charge in [-0.15, -0.1) is 0 Å². The molecule has 0 bridgehead atoms. The van der Waals surface area contributed by atoms with Crippen LogP contribution in [0.4, 0.5) is 5.69 Å². The van der Waals surface area contributed by atoms with E-state index in [9.17, 15) is 4.79 Å². The van der Waals surface area contributed by atoms with Crippen LogP contribution in [0.1, 0.15) is 50.8 Å². The lowest BCUT2D eigenvalue weighted by atomic mass is 10.0. The summed E-state index contributed by atoms with van der Waals surface area (Å²) in [4.78, 5) is 12.4. The fourth-order valence-electron chi connectivity index (χ4n) is 2.60. The fraction of sp³-hybridized carbons (Fsp3) is 0.350. The Kier molecular flexibility index (Phi) is 5.94. The average molecular weight is 311 g/mol. The number of carbonyl (C=O) groups is 1. The van der Waals surface area contributed by atoms with Gasteiger partial charge in [0.25, 0.3) is 5.91 Å². The molecule has 0 saturated carbocycles. The number of hydrogen-bond donors (Lipinski definition) is 2. The standard InChI is InChI=1S/C20H26N2O/c1-14(2)17-10-12-19(13-11-17)22-20(23)16(4)21-15(3)18-8-6-5-7-9-18/h5-16,21H,1-4H3,(H,22,23)/p+1/t15-,16-/m1/s1. The van der Waals surface area contributed by atoms with Gasteiger partial charge in [-0.05, 0) is 37.5 Å². The molecule has 3 N–H and O–H groups in total. The van der Waals surface area contributed by atoms with Gasteiger partial charge in [-0.1, -0.05) is 56.3 Å². The summed E-state index contributed by atoms with van der Waals surface area (Å²) >= 11 is 0. The normalized spacial score (nSPS) is 13.6. The Morgan fingerprint density at radius 3 is 2.04 bits per heavy atom. The number of carbonyl (C=O) groups excluding carboxylic acids is 1. The molecule has 23 heavy (non-hydrogen) atoms. The second-order valence-corrected chi connectivity index (χ2v) is 6.45. The largest absolute Gasteiger partial charge is 0.330 e. The molecule has 0 aliphatic carbocycles. The minimum absolute atomic E-state index is 0.0325. The van der Waals surface area contributed by atoms with E-state index in [2.05, 4.69) is 55.7 Å². The lowest BCUT2D eigenvalue weighted by Crippen LogP contribution is -2.91. The first-order valence-electron chi connectivity index (χ1n) is 8.28. The predicted octanol–water partition coefficient (Wildman–Crippen LogP) is 3.46. The van der Waals surface area contributed by atoms with Crippen molar-refractivity contribution < 1.29 is 10.1 Å². The number of nitrogens with two attached hydrogens (primary N) is 1. The van der Waals surface area contributed by atoms with Gasteiger partial charge in [0.2, 0.25) is 0 Å². The first-order chi connectivity index (χ1) is 11.0. The van der Waals surface area contributed by atoms with Gasteiger partial charge in [0.05, 0.1) is 0 Å². The number of amides is 1. The van der Waals surface area contributed by atoms with E-state index in [1.54, 1.807) is 0 Å². The van der Waals surface area contributed by atoms with E-state index in [-0.39, 0.29) is 18.0 Å². The van der Waals surface area contributed by atoms with Crippen molar-refractivity contribution in [1.82, 2.24) is 0 Å². The fourth-order valence-corrected chi connectivity index (χ4v) is 2.60. The molecule has 0 aliphatic heterocycles. The highest BCUT2D eigenvalue weighted by Crippen LogP contribution is 2.17. The molecule has 0 aromatic heterocycles. The highest BCUT2D eigenvalue weighted by atomic mass is 16.2. The van der Waals surface area contributed by atoms with Gasteiger partial charge in [0, 0.05) is 11.3 Å². The monoisotopic (exact) mass is 311 g/mol. The maximum absolute atomic E-state index is 12.4. The lowest BCUT2D eigenvalue weighted by Gasteiger charge is -2.17. The molecule has 2 aromatic rings. The SMILES string of the molecule is CC(C)c1ccc(NC(=O)[C@@H](C)[NH2+][C@H](C)c2ccccc2)cc1. The summed E-state index contributed by atoms with van der Waals surface area (Å²) in [7, 11) is 0. The summed E-state index contributed by atoms with van der Waals surface area (Å²) < 4.78 is 0. The van der Waals surface area contributed by atoms with Crippen molar-refractivity contribution in [2.75, 3.05) is 5.32 Å². The molecule has 3 nitrogen and oxygen atoms in total. The van der Waals surface area contributed by atoms with Crippen LogP contribution in [-0.2, 0) is 4.79 Å². The first kappa shape index (κ1) is 17.2. The van der Waals surface area contributed by atoms with Gasteiger partial charge in [-0.25, -0.2) is 0 Å². The molecule has 2 aromatic carbocycles. The van der Waals surface area contributed by atoms with Crippen LogP contribution < -0.4 is 10.6 Å². The smallest absolute Gasteiger partial charge is 0.282 e. The van der Waals surface area contributed by atoms with E-state index in [4.69, 9.17) is 0 Å². The lowest BCUT2D eigenvalue weighted by molar-refractivity contribution is -0.709. The molecule has 0 saturated heterocycles. The van der Waals surface area contributed by atoms with E-state index in [1.807, 2.05) is 37.3 Å². The quantitative estimate of drug-likeness (QED) is 0.843. The number of nitrogens with one attached hydrogen (secondary N) is 1. The van der Waals surface area contributed by atoms with Crippen molar-refractivity contribution in [1.29, 1.82) is 0 Å². The minimum Gasteiger partial charge on any atom is -0.330 e. The summed E-state index contributed by atoms with van der Waals surface area (Å²) in [5.41, 5.74) is 3.36. The summed E-state index contributed by atoms with van der Waals surface area (Å²) in [6, 6.07) is 18.4. The molecule has 2 atom stereocenters. The second-order valence-electron chi connectivity index (χ2n) is 6.45. The van der Waals surface area contributed by atoms with Gasteiger partial charge < -0.3 is 10.6 Å². The van der Waals surface area contributed by atoms with Gasteiger partial charge in [-0.2, -0.15) is 0 Å². The number of hydrogen-bond acceptors (Lipinski definition) is 1. The highest BCUT2D eigenvalue weighted by Gasteiger charge is 2.20. The van der Waals surface area contributed by atoms with Gasteiger partial charge in [-0.3, -0.25) is 4.79 Å². The topological polar surface area (TPSA) is 45.7 Å². The molecule has 0 aliphatic rings. The predicted molar refractivity (Wildman–Crippen MR) is 95.4 cm³/mol. The minimum atomic E-state index is -0.144. The molecule has 2 rings (SSSR count). The van der Waals surface area contributed by atoms with Crippen LogP contribution in [0, 0.1) is 0 Å². The summed E-state index contributed by atoms with van der Waals surface area (Å²) in [5.74, 6) is 0.531. The Morgan fingerprint density at radius 1 is 0.870 bits per heavy atom. The zero-order valence-corrected chi connectivity index (χ0v) is 14.4. The molecule has 1 amide bonds. The van der Waals surface area contributed by atoms with Crippen LogP contribution in [0.25, 0.3) is 0 Å². The van der Waals surface area contributed by atoms with E-state index in [0.717, 1.165) is 5.69 Å². The summed E-state index contributed by atoms with van der Waals surface area (Å²) in [6.07, 6.45) is 0. The maximum Gasteiger partial charge on any atom is 0.282 e. The van der Waals surface area contributed by atoms with Crippen LogP contribution in [0.3, 0.4) is 0 Å².